The monoisotopic (exact) mass is 190 g/mol. The number of carbonyl (C=O) groups excluding carboxylic acids is 1. The number of hydrogen-bond donors (Lipinski definition) is 2. The Balaban J connectivity index is 2.58. The predicted molar refractivity (Wildman–Crippen MR) is 45.9 cm³/mol. The van der Waals surface area contributed by atoms with Crippen molar-refractivity contribution in [2.75, 3.05) is 0 Å². The smallest absolute Gasteiger partial charge is 0.268 e. The van der Waals surface area contributed by atoms with E-state index in [4.69, 9.17) is 5.73 Å². The highest BCUT2D eigenvalue weighted by atomic mass is 16.1. The van der Waals surface area contributed by atoms with Gasteiger partial charge in [-0.05, 0) is 22.6 Å². The quantitative estimate of drug-likeness (QED) is 0.654. The van der Waals surface area contributed by atoms with Crippen LogP contribution in [0.5, 0.6) is 0 Å². The summed E-state index contributed by atoms with van der Waals surface area (Å²) in [6.45, 7) is 0. The Morgan fingerprint density at radius 1 is 1.50 bits per heavy atom. The zero-order valence-corrected chi connectivity index (χ0v) is 7.01. The van der Waals surface area contributed by atoms with Gasteiger partial charge in [-0.1, -0.05) is 0 Å². The van der Waals surface area contributed by atoms with Crippen molar-refractivity contribution in [2.24, 2.45) is 5.73 Å². The number of amides is 1. The molecule has 2 rings (SSSR count). The predicted octanol–water partition coefficient (Wildman–Crippen LogP) is -0.639. The van der Waals surface area contributed by atoms with Gasteiger partial charge in [-0.25, -0.2) is 5.10 Å². The molecule has 0 bridgehead atoms. The van der Waals surface area contributed by atoms with Crippen molar-refractivity contribution >= 4 is 5.91 Å². The Morgan fingerprint density at radius 2 is 2.36 bits per heavy atom. The maximum atomic E-state index is 11.0. The lowest BCUT2D eigenvalue weighted by atomic mass is 10.2. The minimum absolute atomic E-state index is 0.144. The van der Waals surface area contributed by atoms with E-state index in [0.29, 0.717) is 11.4 Å². The summed E-state index contributed by atoms with van der Waals surface area (Å²) < 4.78 is 0. The molecule has 3 N–H and O–H groups in total. The first kappa shape index (κ1) is 8.30. The van der Waals surface area contributed by atoms with Gasteiger partial charge in [-0.3, -0.25) is 9.78 Å². The van der Waals surface area contributed by atoms with Crippen LogP contribution in [0.4, 0.5) is 0 Å². The van der Waals surface area contributed by atoms with Gasteiger partial charge in [-0.2, -0.15) is 0 Å². The van der Waals surface area contributed by atoms with E-state index < -0.39 is 5.91 Å². The zero-order chi connectivity index (χ0) is 9.97. The summed E-state index contributed by atoms with van der Waals surface area (Å²) in [6.07, 6.45) is 1.48. The minimum Gasteiger partial charge on any atom is -0.364 e. The number of carbonyl (C=O) groups is 1. The Labute approximate surface area is 78.3 Å². The number of aromatic amines is 1. The van der Waals surface area contributed by atoms with Gasteiger partial charge < -0.3 is 5.73 Å². The number of H-pyrrole nitrogens is 1. The molecule has 0 unspecified atom stereocenters. The maximum absolute atomic E-state index is 11.0. The number of nitrogens with one attached hydrogen (secondary N) is 1. The van der Waals surface area contributed by atoms with E-state index >= 15 is 0 Å². The average molecular weight is 190 g/mol. The number of rotatable bonds is 2. The van der Waals surface area contributed by atoms with E-state index in [1.807, 2.05) is 0 Å². The van der Waals surface area contributed by atoms with Crippen molar-refractivity contribution < 1.29 is 4.79 Å². The first-order valence-corrected chi connectivity index (χ1v) is 3.78. The Bertz CT molecular complexity index is 451. The number of aromatic nitrogens is 5. The van der Waals surface area contributed by atoms with Crippen LogP contribution in [0, 0.1) is 0 Å². The van der Waals surface area contributed by atoms with Crippen LogP contribution in [-0.2, 0) is 0 Å². The molecular weight excluding hydrogens is 184 g/mol. The summed E-state index contributed by atoms with van der Waals surface area (Å²) in [4.78, 5) is 14.8. The SMILES string of the molecule is NC(=O)c1ncccc1-c1nnn[nH]1. The molecule has 2 heterocycles. The minimum atomic E-state index is -0.614. The third-order valence-electron chi connectivity index (χ3n) is 1.64. The zero-order valence-electron chi connectivity index (χ0n) is 7.01. The fraction of sp³-hybridized carbons (Fsp3) is 0. The fourth-order valence-electron chi connectivity index (χ4n) is 1.07. The van der Waals surface area contributed by atoms with Crippen molar-refractivity contribution in [3.63, 3.8) is 0 Å². The number of nitrogens with two attached hydrogens (primary N) is 1. The van der Waals surface area contributed by atoms with E-state index in [9.17, 15) is 4.79 Å². The van der Waals surface area contributed by atoms with Gasteiger partial charge in [0.15, 0.2) is 5.82 Å². The molecule has 0 fully saturated rings. The molecule has 0 aliphatic carbocycles. The topological polar surface area (TPSA) is 110 Å². The van der Waals surface area contributed by atoms with Crippen molar-refractivity contribution in [1.29, 1.82) is 0 Å². The number of pyridine rings is 1. The van der Waals surface area contributed by atoms with Gasteiger partial charge >= 0.3 is 0 Å². The molecule has 14 heavy (non-hydrogen) atoms. The lowest BCUT2D eigenvalue weighted by molar-refractivity contribution is 0.0996. The van der Waals surface area contributed by atoms with E-state index in [1.165, 1.54) is 6.20 Å². The standard InChI is InChI=1S/C7H6N6O/c8-6(14)5-4(2-1-3-9-5)7-10-12-13-11-7/h1-3H,(H2,8,14)(H,10,11,12,13). The Kier molecular flexibility index (Phi) is 1.90. The molecule has 0 saturated carbocycles. The van der Waals surface area contributed by atoms with Crippen LogP contribution in [0.25, 0.3) is 11.4 Å². The van der Waals surface area contributed by atoms with Gasteiger partial charge in [0.2, 0.25) is 0 Å². The fourth-order valence-corrected chi connectivity index (χ4v) is 1.07. The molecule has 0 radical (unpaired) electrons. The van der Waals surface area contributed by atoms with Crippen LogP contribution in [0.2, 0.25) is 0 Å². The molecule has 2 aromatic heterocycles. The van der Waals surface area contributed by atoms with E-state index in [1.54, 1.807) is 12.1 Å². The van der Waals surface area contributed by atoms with Crippen molar-refractivity contribution in [1.82, 2.24) is 25.6 Å². The lowest BCUT2D eigenvalue weighted by Crippen LogP contribution is -2.14. The van der Waals surface area contributed by atoms with Gasteiger partial charge in [0.25, 0.3) is 5.91 Å². The highest BCUT2D eigenvalue weighted by Crippen LogP contribution is 2.15. The molecule has 0 aliphatic rings. The summed E-state index contributed by atoms with van der Waals surface area (Å²) in [5.74, 6) is -0.246. The second-order valence-electron chi connectivity index (χ2n) is 2.51. The van der Waals surface area contributed by atoms with Crippen LogP contribution in [0.3, 0.4) is 0 Å². The van der Waals surface area contributed by atoms with Crippen molar-refractivity contribution in [3.8, 4) is 11.4 Å². The first-order chi connectivity index (χ1) is 6.79. The van der Waals surface area contributed by atoms with Gasteiger partial charge in [0.05, 0.1) is 5.56 Å². The Hall–Kier alpha value is -2.31. The third-order valence-corrected chi connectivity index (χ3v) is 1.64. The number of primary amides is 1. The normalized spacial score (nSPS) is 10.0. The van der Waals surface area contributed by atoms with Gasteiger partial charge in [-0.15, -0.1) is 5.10 Å². The van der Waals surface area contributed by atoms with E-state index in [-0.39, 0.29) is 5.69 Å². The average Bonchev–Trinajstić information content (AvgIpc) is 2.70. The maximum Gasteiger partial charge on any atom is 0.268 e. The molecule has 7 nitrogen and oxygen atoms in total. The summed E-state index contributed by atoms with van der Waals surface area (Å²) in [5.41, 5.74) is 5.77. The largest absolute Gasteiger partial charge is 0.364 e. The number of hydrogen-bond acceptors (Lipinski definition) is 5. The Morgan fingerprint density at radius 3 is 3.00 bits per heavy atom. The molecule has 70 valence electrons. The third kappa shape index (κ3) is 1.30. The molecule has 0 spiro atoms. The highest BCUT2D eigenvalue weighted by molar-refractivity contribution is 5.96. The molecule has 7 heteroatoms. The second kappa shape index (κ2) is 3.21. The van der Waals surface area contributed by atoms with Crippen LogP contribution >= 0.6 is 0 Å². The lowest BCUT2D eigenvalue weighted by Gasteiger charge is -1.99. The summed E-state index contributed by atoms with van der Waals surface area (Å²) in [6, 6.07) is 3.33. The van der Waals surface area contributed by atoms with Crippen molar-refractivity contribution in [2.45, 2.75) is 0 Å². The molecule has 1 amide bonds. The second-order valence-corrected chi connectivity index (χ2v) is 2.51. The van der Waals surface area contributed by atoms with Crippen LogP contribution < -0.4 is 5.73 Å². The van der Waals surface area contributed by atoms with E-state index in [2.05, 4.69) is 25.6 Å². The van der Waals surface area contributed by atoms with Crippen LogP contribution in [0.15, 0.2) is 18.3 Å². The summed E-state index contributed by atoms with van der Waals surface area (Å²) in [7, 11) is 0. The summed E-state index contributed by atoms with van der Waals surface area (Å²) in [5, 5.41) is 13.0. The molecule has 0 aliphatic heterocycles. The van der Waals surface area contributed by atoms with Gasteiger partial charge in [0.1, 0.15) is 5.69 Å². The van der Waals surface area contributed by atoms with Crippen molar-refractivity contribution in [3.05, 3.63) is 24.0 Å². The van der Waals surface area contributed by atoms with Gasteiger partial charge in [0, 0.05) is 6.20 Å². The molecule has 0 atom stereocenters. The summed E-state index contributed by atoms with van der Waals surface area (Å²) >= 11 is 0. The highest BCUT2D eigenvalue weighted by Gasteiger charge is 2.12. The van der Waals surface area contributed by atoms with Crippen LogP contribution in [0.1, 0.15) is 10.5 Å². The molecule has 2 aromatic rings. The van der Waals surface area contributed by atoms with Crippen LogP contribution in [-0.4, -0.2) is 31.5 Å². The first-order valence-electron chi connectivity index (χ1n) is 3.78. The molecule has 0 aromatic carbocycles. The number of tetrazole rings is 1. The number of nitrogens with zero attached hydrogens (tertiary/aromatic N) is 4. The molecular formula is C7H6N6O. The molecule has 0 saturated heterocycles. The van der Waals surface area contributed by atoms with E-state index in [0.717, 1.165) is 0 Å².